The lowest BCUT2D eigenvalue weighted by Gasteiger charge is -2.29. The first-order valence-electron chi connectivity index (χ1n) is 8.80. The monoisotopic (exact) mass is 385 g/mol. The molecule has 1 aliphatic rings. The van der Waals surface area contributed by atoms with Gasteiger partial charge >= 0.3 is 0 Å². The van der Waals surface area contributed by atoms with Crippen LogP contribution in [0.2, 0.25) is 0 Å². The van der Waals surface area contributed by atoms with Crippen LogP contribution in [0.4, 0.5) is 10.1 Å². The molecule has 1 aliphatic heterocycles. The molecule has 5 nitrogen and oxygen atoms in total. The Hall–Kier alpha value is -2.64. The second kappa shape index (κ2) is 7.17. The van der Waals surface area contributed by atoms with E-state index in [1.807, 2.05) is 24.3 Å². The highest BCUT2D eigenvalue weighted by atomic mass is 32.2. The average molecular weight is 385 g/mol. The van der Waals surface area contributed by atoms with E-state index in [4.69, 9.17) is 0 Å². The van der Waals surface area contributed by atoms with Crippen molar-refractivity contribution in [2.75, 3.05) is 31.1 Å². The zero-order valence-corrected chi connectivity index (χ0v) is 15.5. The minimum absolute atomic E-state index is 0.0711. The molecule has 0 spiro atoms. The first-order valence-corrected chi connectivity index (χ1v) is 10.2. The molecule has 1 aromatic heterocycles. The van der Waals surface area contributed by atoms with E-state index < -0.39 is 15.8 Å². The number of halogens is 1. The largest absolute Gasteiger partial charge is 0.369 e. The molecule has 1 saturated heterocycles. The smallest absolute Gasteiger partial charge is 0.268 e. The number of nitrogens with one attached hydrogen (secondary N) is 1. The van der Waals surface area contributed by atoms with Crippen LogP contribution in [0, 0.1) is 5.82 Å². The summed E-state index contributed by atoms with van der Waals surface area (Å²) in [5, 5.41) is 3.32. The standard InChI is InChI=1S/C20H20FN3O2S/c21-17-5-2-7-19(15-17)27(25,26)24-11-3-8-20(24)16-4-1-6-18(14-16)23-12-9-22-10-13-23/h1-8,11,14-15,22H,9-10,12-13H2. The minimum Gasteiger partial charge on any atom is -0.369 e. The highest BCUT2D eigenvalue weighted by Gasteiger charge is 2.21. The number of anilines is 1. The molecule has 0 radical (unpaired) electrons. The molecule has 27 heavy (non-hydrogen) atoms. The molecule has 0 unspecified atom stereocenters. The lowest BCUT2D eigenvalue weighted by molar-refractivity contribution is 0.583. The molecule has 0 bridgehead atoms. The predicted molar refractivity (Wildman–Crippen MR) is 104 cm³/mol. The second-order valence-electron chi connectivity index (χ2n) is 6.44. The van der Waals surface area contributed by atoms with E-state index in [2.05, 4.69) is 10.2 Å². The van der Waals surface area contributed by atoms with Gasteiger partial charge in [-0.3, -0.25) is 0 Å². The van der Waals surface area contributed by atoms with Crippen molar-refractivity contribution < 1.29 is 12.8 Å². The van der Waals surface area contributed by atoms with Gasteiger partial charge in [0.15, 0.2) is 0 Å². The third-order valence-corrected chi connectivity index (χ3v) is 6.38. The number of piperazine rings is 1. The van der Waals surface area contributed by atoms with Crippen LogP contribution in [0.3, 0.4) is 0 Å². The van der Waals surface area contributed by atoms with Crippen molar-refractivity contribution in [1.82, 2.24) is 9.29 Å². The van der Waals surface area contributed by atoms with Crippen LogP contribution >= 0.6 is 0 Å². The summed E-state index contributed by atoms with van der Waals surface area (Å²) < 4.78 is 40.8. The lowest BCUT2D eigenvalue weighted by Crippen LogP contribution is -2.43. The average Bonchev–Trinajstić information content (AvgIpc) is 3.20. The molecule has 0 atom stereocenters. The van der Waals surface area contributed by atoms with E-state index in [0.29, 0.717) is 5.69 Å². The van der Waals surface area contributed by atoms with Gasteiger partial charge in [0.05, 0.1) is 10.6 Å². The zero-order valence-electron chi connectivity index (χ0n) is 14.7. The van der Waals surface area contributed by atoms with E-state index in [1.165, 1.54) is 28.4 Å². The van der Waals surface area contributed by atoms with Crippen LogP contribution in [-0.4, -0.2) is 38.6 Å². The van der Waals surface area contributed by atoms with Crippen LogP contribution in [0.5, 0.6) is 0 Å². The van der Waals surface area contributed by atoms with Gasteiger partial charge in [0.25, 0.3) is 10.0 Å². The maximum absolute atomic E-state index is 13.5. The third-order valence-electron chi connectivity index (χ3n) is 4.69. The van der Waals surface area contributed by atoms with Crippen molar-refractivity contribution in [3.05, 3.63) is 72.7 Å². The Balaban J connectivity index is 1.74. The summed E-state index contributed by atoms with van der Waals surface area (Å²) in [7, 11) is -3.88. The molecule has 140 valence electrons. The molecular formula is C20H20FN3O2S. The van der Waals surface area contributed by atoms with Gasteiger partial charge in [0.2, 0.25) is 0 Å². The topological polar surface area (TPSA) is 54.3 Å². The zero-order chi connectivity index (χ0) is 18.9. The maximum atomic E-state index is 13.5. The summed E-state index contributed by atoms with van der Waals surface area (Å²) in [6.45, 7) is 3.67. The molecule has 0 amide bonds. The summed E-state index contributed by atoms with van der Waals surface area (Å²) in [6, 6.07) is 16.4. The van der Waals surface area contributed by atoms with E-state index in [9.17, 15) is 12.8 Å². The summed E-state index contributed by atoms with van der Waals surface area (Å²) in [6.07, 6.45) is 1.49. The van der Waals surface area contributed by atoms with Gasteiger partial charge in [-0.15, -0.1) is 0 Å². The summed E-state index contributed by atoms with van der Waals surface area (Å²) in [4.78, 5) is 2.20. The Morgan fingerprint density at radius 2 is 1.70 bits per heavy atom. The Morgan fingerprint density at radius 1 is 0.926 bits per heavy atom. The summed E-state index contributed by atoms with van der Waals surface area (Å²) >= 11 is 0. The normalized spacial score (nSPS) is 15.1. The summed E-state index contributed by atoms with van der Waals surface area (Å²) in [5.41, 5.74) is 2.41. The maximum Gasteiger partial charge on any atom is 0.268 e. The fraction of sp³-hybridized carbons (Fsp3) is 0.200. The quantitative estimate of drug-likeness (QED) is 0.750. The van der Waals surface area contributed by atoms with Crippen molar-refractivity contribution in [2.45, 2.75) is 4.90 Å². The Kier molecular flexibility index (Phi) is 4.72. The van der Waals surface area contributed by atoms with E-state index in [1.54, 1.807) is 12.1 Å². The molecule has 1 N–H and O–H groups in total. The van der Waals surface area contributed by atoms with Crippen molar-refractivity contribution in [2.24, 2.45) is 0 Å². The molecule has 0 aliphatic carbocycles. The third kappa shape index (κ3) is 3.48. The molecular weight excluding hydrogens is 365 g/mol. The van der Waals surface area contributed by atoms with E-state index in [0.717, 1.165) is 43.5 Å². The first-order chi connectivity index (χ1) is 13.1. The van der Waals surface area contributed by atoms with Crippen LogP contribution in [0.1, 0.15) is 0 Å². The number of aromatic nitrogens is 1. The number of hydrogen-bond donors (Lipinski definition) is 1. The molecule has 4 rings (SSSR count). The van der Waals surface area contributed by atoms with Crippen molar-refractivity contribution in [3.63, 3.8) is 0 Å². The predicted octanol–water partition coefficient (Wildman–Crippen LogP) is 2.94. The van der Waals surface area contributed by atoms with Gasteiger partial charge in [0, 0.05) is 43.6 Å². The van der Waals surface area contributed by atoms with Crippen molar-refractivity contribution in [1.29, 1.82) is 0 Å². The Bertz CT molecular complexity index is 1060. The fourth-order valence-electron chi connectivity index (χ4n) is 3.33. The summed E-state index contributed by atoms with van der Waals surface area (Å²) in [5.74, 6) is -0.578. The van der Waals surface area contributed by atoms with Crippen LogP contribution in [-0.2, 0) is 10.0 Å². The Morgan fingerprint density at radius 3 is 2.48 bits per heavy atom. The fourth-order valence-corrected chi connectivity index (χ4v) is 4.72. The van der Waals surface area contributed by atoms with Crippen molar-refractivity contribution >= 4 is 15.7 Å². The highest BCUT2D eigenvalue weighted by Crippen LogP contribution is 2.28. The first kappa shape index (κ1) is 17.8. The highest BCUT2D eigenvalue weighted by molar-refractivity contribution is 7.90. The van der Waals surface area contributed by atoms with Gasteiger partial charge in [-0.1, -0.05) is 18.2 Å². The SMILES string of the molecule is O=S(=O)(c1cccc(F)c1)n1cccc1-c1cccc(N2CCNCC2)c1. The van der Waals surface area contributed by atoms with Gasteiger partial charge in [-0.25, -0.2) is 16.8 Å². The number of benzene rings is 2. The number of rotatable bonds is 4. The minimum atomic E-state index is -3.88. The molecule has 2 aromatic carbocycles. The second-order valence-corrected chi connectivity index (χ2v) is 8.25. The van der Waals surface area contributed by atoms with Gasteiger partial charge in [-0.05, 0) is 42.5 Å². The van der Waals surface area contributed by atoms with E-state index in [-0.39, 0.29) is 4.90 Å². The molecule has 0 saturated carbocycles. The molecule has 7 heteroatoms. The molecule has 3 aromatic rings. The van der Waals surface area contributed by atoms with Crippen molar-refractivity contribution in [3.8, 4) is 11.3 Å². The van der Waals surface area contributed by atoms with Gasteiger partial charge in [-0.2, -0.15) is 0 Å². The van der Waals surface area contributed by atoms with Crippen LogP contribution in [0.25, 0.3) is 11.3 Å². The van der Waals surface area contributed by atoms with E-state index >= 15 is 0 Å². The molecule has 2 heterocycles. The lowest BCUT2D eigenvalue weighted by atomic mass is 10.1. The van der Waals surface area contributed by atoms with Crippen LogP contribution in [0.15, 0.2) is 71.8 Å². The van der Waals surface area contributed by atoms with Gasteiger partial charge < -0.3 is 10.2 Å². The van der Waals surface area contributed by atoms with Gasteiger partial charge in [0.1, 0.15) is 5.82 Å². The van der Waals surface area contributed by atoms with Crippen LogP contribution < -0.4 is 10.2 Å². The number of hydrogen-bond acceptors (Lipinski definition) is 4. The number of nitrogens with zero attached hydrogens (tertiary/aromatic N) is 2. The Labute approximate surface area is 158 Å². The molecule has 1 fully saturated rings.